The second-order valence-corrected chi connectivity index (χ2v) is 6.00. The molecule has 0 radical (unpaired) electrons. The van der Waals surface area contributed by atoms with Crippen molar-refractivity contribution in [2.75, 3.05) is 5.32 Å². The van der Waals surface area contributed by atoms with Crippen molar-refractivity contribution in [3.63, 3.8) is 0 Å². The third kappa shape index (κ3) is 4.50. The number of aryl methyl sites for hydroxylation is 3. The van der Waals surface area contributed by atoms with E-state index in [1.807, 2.05) is 38.1 Å². The lowest BCUT2D eigenvalue weighted by Gasteiger charge is -2.06. The van der Waals surface area contributed by atoms with E-state index in [0.29, 0.717) is 18.1 Å². The summed E-state index contributed by atoms with van der Waals surface area (Å²) in [6.45, 7) is 3.87. The third-order valence-electron chi connectivity index (χ3n) is 3.83. The maximum Gasteiger partial charge on any atom is 0.250 e. The molecule has 25 heavy (non-hydrogen) atoms. The van der Waals surface area contributed by atoms with Crippen LogP contribution >= 0.6 is 0 Å². The van der Waals surface area contributed by atoms with E-state index in [9.17, 15) is 4.79 Å². The molecule has 6 nitrogen and oxygen atoms in total. The lowest BCUT2D eigenvalue weighted by Crippen LogP contribution is -2.13. The number of rotatable bonds is 6. The minimum atomic E-state index is -0.0293. The van der Waals surface area contributed by atoms with Crippen LogP contribution in [0.4, 0.5) is 5.69 Å². The molecule has 0 aliphatic carbocycles. The van der Waals surface area contributed by atoms with Crippen molar-refractivity contribution >= 4 is 11.6 Å². The van der Waals surface area contributed by atoms with Gasteiger partial charge in [-0.1, -0.05) is 30.3 Å². The molecule has 3 rings (SSSR count). The van der Waals surface area contributed by atoms with Gasteiger partial charge in [0.1, 0.15) is 0 Å². The summed E-state index contributed by atoms with van der Waals surface area (Å²) in [4.78, 5) is 20.6. The van der Waals surface area contributed by atoms with Gasteiger partial charge in [-0.3, -0.25) is 4.79 Å². The van der Waals surface area contributed by atoms with E-state index in [2.05, 4.69) is 32.5 Å². The van der Waals surface area contributed by atoms with Crippen LogP contribution in [-0.4, -0.2) is 25.7 Å². The van der Waals surface area contributed by atoms with Crippen molar-refractivity contribution in [3.05, 3.63) is 65.7 Å². The molecule has 1 aromatic carbocycles. The van der Waals surface area contributed by atoms with E-state index in [1.54, 1.807) is 17.1 Å². The number of anilines is 1. The predicted molar refractivity (Wildman–Crippen MR) is 96.6 cm³/mol. The molecular formula is C19H21N5O. The zero-order valence-corrected chi connectivity index (χ0v) is 14.4. The van der Waals surface area contributed by atoms with Crippen molar-refractivity contribution in [1.82, 2.24) is 19.7 Å². The molecule has 0 saturated carbocycles. The van der Waals surface area contributed by atoms with Crippen molar-refractivity contribution in [3.8, 4) is 5.95 Å². The highest BCUT2D eigenvalue weighted by Crippen LogP contribution is 2.11. The lowest BCUT2D eigenvalue weighted by atomic mass is 10.1. The minimum absolute atomic E-state index is 0.0293. The summed E-state index contributed by atoms with van der Waals surface area (Å²) in [5.41, 5.74) is 3.72. The van der Waals surface area contributed by atoms with Crippen LogP contribution < -0.4 is 5.32 Å². The number of nitrogens with zero attached hydrogens (tertiary/aromatic N) is 4. The SMILES string of the molecule is Cc1cc(C)n(-c2ncc(NC(=O)CCCc3ccccc3)cn2)n1. The van der Waals surface area contributed by atoms with E-state index in [0.717, 1.165) is 24.2 Å². The highest BCUT2D eigenvalue weighted by atomic mass is 16.1. The summed E-state index contributed by atoms with van der Waals surface area (Å²) >= 11 is 0. The summed E-state index contributed by atoms with van der Waals surface area (Å²) in [5, 5.41) is 7.18. The van der Waals surface area contributed by atoms with E-state index in [1.165, 1.54) is 5.56 Å². The summed E-state index contributed by atoms with van der Waals surface area (Å²) in [6, 6.07) is 12.1. The number of nitrogens with one attached hydrogen (secondary N) is 1. The van der Waals surface area contributed by atoms with Crippen LogP contribution in [0.2, 0.25) is 0 Å². The third-order valence-corrected chi connectivity index (χ3v) is 3.83. The number of carbonyl (C=O) groups excluding carboxylic acids is 1. The summed E-state index contributed by atoms with van der Waals surface area (Å²) < 4.78 is 1.68. The van der Waals surface area contributed by atoms with Crippen LogP contribution in [0.3, 0.4) is 0 Å². The van der Waals surface area contributed by atoms with Crippen LogP contribution in [0.15, 0.2) is 48.8 Å². The van der Waals surface area contributed by atoms with Crippen LogP contribution in [0.1, 0.15) is 29.8 Å². The van der Waals surface area contributed by atoms with Crippen molar-refractivity contribution in [2.45, 2.75) is 33.1 Å². The smallest absolute Gasteiger partial charge is 0.250 e. The molecule has 0 saturated heterocycles. The fourth-order valence-electron chi connectivity index (χ4n) is 2.65. The topological polar surface area (TPSA) is 72.7 Å². The number of hydrogen-bond acceptors (Lipinski definition) is 4. The van der Waals surface area contributed by atoms with E-state index in [4.69, 9.17) is 0 Å². The largest absolute Gasteiger partial charge is 0.323 e. The first-order chi connectivity index (χ1) is 12.1. The Morgan fingerprint density at radius 3 is 2.48 bits per heavy atom. The quantitative estimate of drug-likeness (QED) is 0.750. The molecule has 1 amide bonds. The first-order valence-corrected chi connectivity index (χ1v) is 8.31. The van der Waals surface area contributed by atoms with Gasteiger partial charge in [-0.05, 0) is 38.3 Å². The average Bonchev–Trinajstić information content (AvgIpc) is 2.95. The molecule has 0 bridgehead atoms. The van der Waals surface area contributed by atoms with Gasteiger partial charge >= 0.3 is 0 Å². The maximum absolute atomic E-state index is 12.0. The lowest BCUT2D eigenvalue weighted by molar-refractivity contribution is -0.116. The normalized spacial score (nSPS) is 10.6. The van der Waals surface area contributed by atoms with Gasteiger partial charge in [-0.2, -0.15) is 5.10 Å². The Balaban J connectivity index is 1.52. The summed E-state index contributed by atoms with van der Waals surface area (Å²) in [6.07, 6.45) is 5.37. The van der Waals surface area contributed by atoms with Gasteiger partial charge in [-0.25, -0.2) is 14.6 Å². The van der Waals surface area contributed by atoms with Gasteiger partial charge in [0.2, 0.25) is 5.91 Å². The Hall–Kier alpha value is -3.02. The predicted octanol–water partition coefficient (Wildman–Crippen LogP) is 3.24. The Bertz CT molecular complexity index is 840. The molecule has 0 aliphatic heterocycles. The first-order valence-electron chi connectivity index (χ1n) is 8.31. The highest BCUT2D eigenvalue weighted by Gasteiger charge is 2.08. The average molecular weight is 335 g/mol. The molecule has 2 aromatic heterocycles. The number of carbonyl (C=O) groups is 1. The molecule has 0 atom stereocenters. The Morgan fingerprint density at radius 2 is 1.84 bits per heavy atom. The molecule has 0 fully saturated rings. The minimum Gasteiger partial charge on any atom is -0.323 e. The fourth-order valence-corrected chi connectivity index (χ4v) is 2.65. The van der Waals surface area contributed by atoms with Crippen LogP contribution in [0.25, 0.3) is 5.95 Å². The van der Waals surface area contributed by atoms with Gasteiger partial charge in [0.05, 0.1) is 23.8 Å². The standard InChI is InChI=1S/C19H21N5O/c1-14-11-15(2)24(23-14)19-20-12-17(13-21-19)22-18(25)10-6-9-16-7-4-3-5-8-16/h3-5,7-8,11-13H,6,9-10H2,1-2H3,(H,22,25). The second kappa shape index (κ2) is 7.70. The summed E-state index contributed by atoms with van der Waals surface area (Å²) in [7, 11) is 0. The Kier molecular flexibility index (Phi) is 5.18. The number of benzene rings is 1. The molecular weight excluding hydrogens is 314 g/mol. The Morgan fingerprint density at radius 1 is 1.12 bits per heavy atom. The van der Waals surface area contributed by atoms with Crippen molar-refractivity contribution in [2.24, 2.45) is 0 Å². The van der Waals surface area contributed by atoms with Crippen molar-refractivity contribution in [1.29, 1.82) is 0 Å². The zero-order valence-electron chi connectivity index (χ0n) is 14.4. The molecule has 0 unspecified atom stereocenters. The molecule has 6 heteroatoms. The number of aromatic nitrogens is 4. The van der Waals surface area contributed by atoms with E-state index >= 15 is 0 Å². The molecule has 128 valence electrons. The zero-order chi connectivity index (χ0) is 17.6. The van der Waals surface area contributed by atoms with Gasteiger partial charge in [0, 0.05) is 12.1 Å². The van der Waals surface area contributed by atoms with Gasteiger partial charge in [0.15, 0.2) is 0 Å². The fraction of sp³-hybridized carbons (Fsp3) is 0.263. The highest BCUT2D eigenvalue weighted by molar-refractivity contribution is 5.90. The molecule has 2 heterocycles. The Labute approximate surface area is 146 Å². The maximum atomic E-state index is 12.0. The molecule has 1 N–H and O–H groups in total. The number of hydrogen-bond donors (Lipinski definition) is 1. The second-order valence-electron chi connectivity index (χ2n) is 6.00. The molecule has 3 aromatic rings. The van der Waals surface area contributed by atoms with Crippen LogP contribution in [0.5, 0.6) is 0 Å². The first kappa shape index (κ1) is 16.8. The monoisotopic (exact) mass is 335 g/mol. The number of amides is 1. The molecule has 0 spiro atoms. The molecule has 0 aliphatic rings. The van der Waals surface area contributed by atoms with Crippen LogP contribution in [-0.2, 0) is 11.2 Å². The van der Waals surface area contributed by atoms with E-state index in [-0.39, 0.29) is 5.91 Å². The van der Waals surface area contributed by atoms with Crippen molar-refractivity contribution < 1.29 is 4.79 Å². The van der Waals surface area contributed by atoms with Crippen LogP contribution in [0, 0.1) is 13.8 Å². The van der Waals surface area contributed by atoms with E-state index < -0.39 is 0 Å². The summed E-state index contributed by atoms with van der Waals surface area (Å²) in [5.74, 6) is 0.464. The van der Waals surface area contributed by atoms with Gasteiger partial charge in [-0.15, -0.1) is 0 Å². The van der Waals surface area contributed by atoms with Gasteiger partial charge < -0.3 is 5.32 Å². The van der Waals surface area contributed by atoms with Gasteiger partial charge in [0.25, 0.3) is 5.95 Å².